The van der Waals surface area contributed by atoms with Crippen molar-refractivity contribution in [1.82, 2.24) is 14.8 Å². The summed E-state index contributed by atoms with van der Waals surface area (Å²) >= 11 is 0. The first-order chi connectivity index (χ1) is 10.6. The summed E-state index contributed by atoms with van der Waals surface area (Å²) in [7, 11) is 0. The Morgan fingerprint density at radius 1 is 1.55 bits per heavy atom. The number of nitrogens with zero attached hydrogens (tertiary/aromatic N) is 2. The quantitative estimate of drug-likeness (QED) is 0.842. The molecule has 1 aliphatic rings. The van der Waals surface area contributed by atoms with Gasteiger partial charge in [-0.15, -0.1) is 0 Å². The number of carbonyl (C=O) groups is 1. The number of H-pyrrole nitrogens is 1. The number of aromatic amines is 1. The molecule has 1 aromatic heterocycles. The zero-order valence-electron chi connectivity index (χ0n) is 12.3. The van der Waals surface area contributed by atoms with Crippen LogP contribution in [0.4, 0.5) is 5.69 Å². The third-order valence-corrected chi connectivity index (χ3v) is 3.59. The van der Waals surface area contributed by atoms with E-state index < -0.39 is 6.10 Å². The molecule has 1 heterocycles. The first-order valence-electron chi connectivity index (χ1n) is 7.28. The van der Waals surface area contributed by atoms with E-state index in [1.54, 1.807) is 31.2 Å². The number of hydrogen-bond donors (Lipinski definition) is 2. The van der Waals surface area contributed by atoms with E-state index in [9.17, 15) is 9.59 Å². The number of carbonyl (C=O) groups excluding carboxylic acids is 1. The average molecular weight is 302 g/mol. The van der Waals surface area contributed by atoms with Crippen LogP contribution < -0.4 is 11.0 Å². The van der Waals surface area contributed by atoms with Gasteiger partial charge in [0.2, 0.25) is 0 Å². The lowest BCUT2D eigenvalue weighted by atomic mass is 10.2. The Kier molecular flexibility index (Phi) is 4.06. The number of hydrogen-bond acceptors (Lipinski definition) is 4. The van der Waals surface area contributed by atoms with Gasteiger partial charge in [-0.25, -0.2) is 14.5 Å². The maximum absolute atomic E-state index is 12.1. The minimum absolute atomic E-state index is 0.197. The first-order valence-corrected chi connectivity index (χ1v) is 7.28. The molecule has 0 bridgehead atoms. The number of ether oxygens (including phenoxy) is 1. The summed E-state index contributed by atoms with van der Waals surface area (Å²) in [6, 6.07) is 7.00. The van der Waals surface area contributed by atoms with Gasteiger partial charge in [-0.3, -0.25) is 4.79 Å². The fourth-order valence-corrected chi connectivity index (χ4v) is 2.05. The third-order valence-electron chi connectivity index (χ3n) is 3.59. The van der Waals surface area contributed by atoms with E-state index in [-0.39, 0.29) is 11.6 Å². The molecule has 1 atom stereocenters. The molecular weight excluding hydrogens is 284 g/mol. The monoisotopic (exact) mass is 302 g/mol. The van der Waals surface area contributed by atoms with Crippen LogP contribution in [0.3, 0.4) is 0 Å². The van der Waals surface area contributed by atoms with Gasteiger partial charge in [0.1, 0.15) is 12.4 Å². The molecule has 3 rings (SSSR count). The molecule has 1 saturated carbocycles. The molecule has 1 amide bonds. The molecule has 1 aromatic carbocycles. The molecule has 7 nitrogen and oxygen atoms in total. The van der Waals surface area contributed by atoms with Crippen LogP contribution in [0.5, 0.6) is 0 Å². The Morgan fingerprint density at radius 3 is 3.05 bits per heavy atom. The van der Waals surface area contributed by atoms with Gasteiger partial charge in [0.15, 0.2) is 0 Å². The first kappa shape index (κ1) is 14.5. The smallest absolute Gasteiger partial charge is 0.347 e. The molecule has 2 aromatic rings. The van der Waals surface area contributed by atoms with E-state index in [2.05, 4.69) is 15.5 Å². The highest BCUT2D eigenvalue weighted by Crippen LogP contribution is 2.29. The van der Waals surface area contributed by atoms with Crippen molar-refractivity contribution in [3.05, 3.63) is 41.1 Å². The van der Waals surface area contributed by atoms with Gasteiger partial charge in [-0.2, -0.15) is 5.10 Å². The van der Waals surface area contributed by atoms with Gasteiger partial charge in [0, 0.05) is 5.69 Å². The zero-order chi connectivity index (χ0) is 15.5. The van der Waals surface area contributed by atoms with Crippen LogP contribution in [-0.4, -0.2) is 33.4 Å². The van der Waals surface area contributed by atoms with Gasteiger partial charge in [0.25, 0.3) is 5.91 Å². The van der Waals surface area contributed by atoms with E-state index in [4.69, 9.17) is 4.74 Å². The minimum atomic E-state index is -0.499. The van der Waals surface area contributed by atoms with Crippen LogP contribution in [0.25, 0.3) is 5.69 Å². The number of amides is 1. The Labute approximate surface area is 127 Å². The maximum Gasteiger partial charge on any atom is 0.347 e. The molecular formula is C15H18N4O3. The second-order valence-electron chi connectivity index (χ2n) is 5.49. The van der Waals surface area contributed by atoms with Crippen molar-refractivity contribution in [1.29, 1.82) is 0 Å². The Hall–Kier alpha value is -2.41. The highest BCUT2D eigenvalue weighted by molar-refractivity contribution is 5.94. The molecule has 0 unspecified atom stereocenters. The summed E-state index contributed by atoms with van der Waals surface area (Å²) in [5, 5.41) is 8.81. The summed E-state index contributed by atoms with van der Waals surface area (Å²) in [6.45, 7) is 2.38. The van der Waals surface area contributed by atoms with Crippen LogP contribution >= 0.6 is 0 Å². The second kappa shape index (κ2) is 6.15. The lowest BCUT2D eigenvalue weighted by Crippen LogP contribution is -2.28. The van der Waals surface area contributed by atoms with Gasteiger partial charge in [0.05, 0.1) is 12.3 Å². The highest BCUT2D eigenvalue weighted by atomic mass is 16.5. The van der Waals surface area contributed by atoms with Crippen LogP contribution in [0.15, 0.2) is 35.4 Å². The summed E-state index contributed by atoms with van der Waals surface area (Å²) < 4.78 is 6.90. The molecule has 22 heavy (non-hydrogen) atoms. The molecule has 2 N–H and O–H groups in total. The van der Waals surface area contributed by atoms with E-state index in [0.29, 0.717) is 23.9 Å². The van der Waals surface area contributed by atoms with Crippen LogP contribution in [0.1, 0.15) is 19.8 Å². The SMILES string of the molecule is C[C@@H](OCC1CC1)C(=O)Nc1cccc(-n2cn[nH]c2=O)c1. The van der Waals surface area contributed by atoms with Crippen molar-refractivity contribution >= 4 is 11.6 Å². The third kappa shape index (κ3) is 3.43. The molecule has 116 valence electrons. The summed E-state index contributed by atoms with van der Waals surface area (Å²) in [5.74, 6) is 0.420. The topological polar surface area (TPSA) is 89.0 Å². The number of aromatic nitrogens is 3. The molecule has 0 spiro atoms. The number of nitrogens with one attached hydrogen (secondary N) is 2. The van der Waals surface area contributed by atoms with Gasteiger partial charge < -0.3 is 10.1 Å². The Morgan fingerprint density at radius 2 is 2.36 bits per heavy atom. The van der Waals surface area contributed by atoms with Gasteiger partial charge >= 0.3 is 5.69 Å². The molecule has 7 heteroatoms. The summed E-state index contributed by atoms with van der Waals surface area (Å²) in [6.07, 6.45) is 3.27. The minimum Gasteiger partial charge on any atom is -0.368 e. The summed E-state index contributed by atoms with van der Waals surface area (Å²) in [4.78, 5) is 23.6. The standard InChI is InChI=1S/C15H18N4O3/c1-10(22-8-11-5-6-11)14(20)17-12-3-2-4-13(7-12)19-9-16-18-15(19)21/h2-4,7,9-11H,5-6,8H2,1H3,(H,17,20)(H,18,21)/t10-/m1/s1. The largest absolute Gasteiger partial charge is 0.368 e. The van der Waals surface area contributed by atoms with Crippen LogP contribution in [0, 0.1) is 5.92 Å². The van der Waals surface area contributed by atoms with E-state index in [0.717, 1.165) is 0 Å². The Balaban J connectivity index is 1.65. The lowest BCUT2D eigenvalue weighted by Gasteiger charge is -2.13. The van der Waals surface area contributed by atoms with Crippen molar-refractivity contribution in [2.75, 3.05) is 11.9 Å². The van der Waals surface area contributed by atoms with Crippen molar-refractivity contribution in [2.45, 2.75) is 25.9 Å². The van der Waals surface area contributed by atoms with Crippen LogP contribution in [0.2, 0.25) is 0 Å². The van der Waals surface area contributed by atoms with Crippen molar-refractivity contribution < 1.29 is 9.53 Å². The van der Waals surface area contributed by atoms with E-state index in [1.807, 2.05) is 0 Å². The van der Waals surface area contributed by atoms with Crippen molar-refractivity contribution in [3.8, 4) is 5.69 Å². The highest BCUT2D eigenvalue weighted by Gasteiger charge is 2.24. The second-order valence-corrected chi connectivity index (χ2v) is 5.49. The number of anilines is 1. The number of benzene rings is 1. The van der Waals surface area contributed by atoms with E-state index in [1.165, 1.54) is 23.7 Å². The zero-order valence-corrected chi connectivity index (χ0v) is 12.3. The molecule has 0 radical (unpaired) electrons. The van der Waals surface area contributed by atoms with Crippen LogP contribution in [-0.2, 0) is 9.53 Å². The van der Waals surface area contributed by atoms with Crippen molar-refractivity contribution in [3.63, 3.8) is 0 Å². The molecule has 0 aliphatic heterocycles. The molecule has 1 fully saturated rings. The van der Waals surface area contributed by atoms with Gasteiger partial charge in [-0.05, 0) is 43.9 Å². The number of rotatable bonds is 6. The maximum atomic E-state index is 12.1. The molecule has 1 aliphatic carbocycles. The van der Waals surface area contributed by atoms with Crippen molar-refractivity contribution in [2.24, 2.45) is 5.92 Å². The Bertz CT molecular complexity index is 717. The normalized spacial score (nSPS) is 15.5. The van der Waals surface area contributed by atoms with Gasteiger partial charge in [-0.1, -0.05) is 6.07 Å². The fourth-order valence-electron chi connectivity index (χ4n) is 2.05. The fraction of sp³-hybridized carbons (Fsp3) is 0.400. The van der Waals surface area contributed by atoms with E-state index >= 15 is 0 Å². The predicted molar refractivity (Wildman–Crippen MR) is 81.0 cm³/mol. The summed E-state index contributed by atoms with van der Waals surface area (Å²) in [5.41, 5.74) is 0.908. The predicted octanol–water partition coefficient (Wildman–Crippen LogP) is 1.31. The molecule has 0 saturated heterocycles. The lowest BCUT2D eigenvalue weighted by molar-refractivity contribution is -0.126. The average Bonchev–Trinajstić information content (AvgIpc) is 3.25.